The van der Waals surface area contributed by atoms with Crippen molar-refractivity contribution in [3.05, 3.63) is 53.6 Å². The van der Waals surface area contributed by atoms with E-state index in [4.69, 9.17) is 9.47 Å². The van der Waals surface area contributed by atoms with Gasteiger partial charge in [-0.15, -0.1) is 0 Å². The monoisotopic (exact) mass is 299 g/mol. The molecule has 0 spiro atoms. The van der Waals surface area contributed by atoms with Gasteiger partial charge in [0.25, 0.3) is 0 Å². The van der Waals surface area contributed by atoms with Gasteiger partial charge in [-0.2, -0.15) is 0 Å². The average molecular weight is 299 g/mol. The molecule has 22 heavy (non-hydrogen) atoms. The molecule has 0 unspecified atom stereocenters. The molecule has 0 aliphatic heterocycles. The van der Waals surface area contributed by atoms with E-state index in [9.17, 15) is 0 Å². The first-order valence-corrected chi connectivity index (χ1v) is 7.69. The summed E-state index contributed by atoms with van der Waals surface area (Å²) in [5.41, 5.74) is 3.35. The number of anilines is 1. The standard InChI is InChI=1S/C19H25NO2/c1-14(2)13-22-18-8-6-5-7-16(18)12-20-17-11-15(3)9-10-19(17)21-4/h5-11,14,20H,12-13H2,1-4H3. The van der Waals surface area contributed by atoms with Crippen molar-refractivity contribution in [2.45, 2.75) is 27.3 Å². The highest BCUT2D eigenvalue weighted by Gasteiger charge is 2.07. The van der Waals surface area contributed by atoms with Crippen molar-refractivity contribution in [1.82, 2.24) is 0 Å². The molecular formula is C19H25NO2. The first-order valence-electron chi connectivity index (χ1n) is 7.69. The number of aryl methyl sites for hydroxylation is 1. The smallest absolute Gasteiger partial charge is 0.141 e. The Morgan fingerprint density at radius 3 is 2.55 bits per heavy atom. The van der Waals surface area contributed by atoms with Gasteiger partial charge in [-0.3, -0.25) is 0 Å². The highest BCUT2D eigenvalue weighted by Crippen LogP contribution is 2.27. The van der Waals surface area contributed by atoms with Gasteiger partial charge in [-0.05, 0) is 36.6 Å². The summed E-state index contributed by atoms with van der Waals surface area (Å²) < 4.78 is 11.3. The van der Waals surface area contributed by atoms with E-state index in [0.717, 1.165) is 29.4 Å². The second kappa shape index (κ2) is 7.74. The van der Waals surface area contributed by atoms with Gasteiger partial charge in [0.1, 0.15) is 11.5 Å². The van der Waals surface area contributed by atoms with Crippen LogP contribution in [0.25, 0.3) is 0 Å². The van der Waals surface area contributed by atoms with E-state index in [1.807, 2.05) is 30.3 Å². The van der Waals surface area contributed by atoms with Crippen molar-refractivity contribution in [3.8, 4) is 11.5 Å². The fourth-order valence-electron chi connectivity index (χ4n) is 2.20. The molecule has 0 bridgehead atoms. The SMILES string of the molecule is COc1ccc(C)cc1NCc1ccccc1OCC(C)C. The van der Waals surface area contributed by atoms with Gasteiger partial charge < -0.3 is 14.8 Å². The van der Waals surface area contributed by atoms with Crippen molar-refractivity contribution in [1.29, 1.82) is 0 Å². The molecule has 0 aliphatic rings. The Balaban J connectivity index is 2.10. The van der Waals surface area contributed by atoms with Gasteiger partial charge >= 0.3 is 0 Å². The van der Waals surface area contributed by atoms with Gasteiger partial charge in [0.2, 0.25) is 0 Å². The van der Waals surface area contributed by atoms with Crippen LogP contribution in [0.4, 0.5) is 5.69 Å². The average Bonchev–Trinajstić information content (AvgIpc) is 2.51. The number of rotatable bonds is 7. The Labute approximate surface area is 133 Å². The maximum absolute atomic E-state index is 5.90. The third-order valence-corrected chi connectivity index (χ3v) is 3.37. The summed E-state index contributed by atoms with van der Waals surface area (Å²) in [4.78, 5) is 0. The Morgan fingerprint density at radius 2 is 1.82 bits per heavy atom. The minimum Gasteiger partial charge on any atom is -0.495 e. The molecule has 3 heteroatoms. The second-order valence-corrected chi connectivity index (χ2v) is 5.87. The normalized spacial score (nSPS) is 10.6. The van der Waals surface area contributed by atoms with Crippen molar-refractivity contribution in [2.75, 3.05) is 19.0 Å². The van der Waals surface area contributed by atoms with Crippen LogP contribution in [-0.4, -0.2) is 13.7 Å². The number of para-hydroxylation sites is 1. The minimum atomic E-state index is 0.512. The zero-order valence-corrected chi connectivity index (χ0v) is 13.8. The second-order valence-electron chi connectivity index (χ2n) is 5.87. The largest absolute Gasteiger partial charge is 0.495 e. The number of benzene rings is 2. The summed E-state index contributed by atoms with van der Waals surface area (Å²) in [5, 5.41) is 3.44. The number of hydrogen-bond donors (Lipinski definition) is 1. The molecule has 0 radical (unpaired) electrons. The highest BCUT2D eigenvalue weighted by atomic mass is 16.5. The number of nitrogens with one attached hydrogen (secondary N) is 1. The summed E-state index contributed by atoms with van der Waals surface area (Å²) in [6.07, 6.45) is 0. The first kappa shape index (κ1) is 16.2. The Kier molecular flexibility index (Phi) is 5.70. The predicted molar refractivity (Wildman–Crippen MR) is 91.8 cm³/mol. The molecule has 0 saturated heterocycles. The molecule has 0 aliphatic carbocycles. The molecule has 1 N–H and O–H groups in total. The maximum Gasteiger partial charge on any atom is 0.141 e. The summed E-state index contributed by atoms with van der Waals surface area (Å²) in [6, 6.07) is 14.3. The van der Waals surface area contributed by atoms with E-state index >= 15 is 0 Å². The van der Waals surface area contributed by atoms with E-state index < -0.39 is 0 Å². The molecule has 0 amide bonds. The molecule has 0 saturated carbocycles. The van der Waals surface area contributed by atoms with Gasteiger partial charge in [0, 0.05) is 12.1 Å². The van der Waals surface area contributed by atoms with Crippen molar-refractivity contribution < 1.29 is 9.47 Å². The molecular weight excluding hydrogens is 274 g/mol. The van der Waals surface area contributed by atoms with E-state index in [1.165, 1.54) is 5.56 Å². The van der Waals surface area contributed by atoms with E-state index in [1.54, 1.807) is 7.11 Å². The minimum absolute atomic E-state index is 0.512. The fraction of sp³-hybridized carbons (Fsp3) is 0.368. The van der Waals surface area contributed by atoms with E-state index in [2.05, 4.69) is 38.2 Å². The van der Waals surface area contributed by atoms with Crippen LogP contribution >= 0.6 is 0 Å². The van der Waals surface area contributed by atoms with Crippen LogP contribution in [0, 0.1) is 12.8 Å². The van der Waals surface area contributed by atoms with Crippen LogP contribution in [0.5, 0.6) is 11.5 Å². The van der Waals surface area contributed by atoms with Gasteiger partial charge in [0.05, 0.1) is 19.4 Å². The molecule has 2 aromatic carbocycles. The van der Waals surface area contributed by atoms with Crippen molar-refractivity contribution in [2.24, 2.45) is 5.92 Å². The quantitative estimate of drug-likeness (QED) is 0.807. The summed E-state index contributed by atoms with van der Waals surface area (Å²) >= 11 is 0. The molecule has 118 valence electrons. The van der Waals surface area contributed by atoms with Crippen LogP contribution in [0.2, 0.25) is 0 Å². The molecule has 0 aromatic heterocycles. The van der Waals surface area contributed by atoms with Crippen LogP contribution < -0.4 is 14.8 Å². The topological polar surface area (TPSA) is 30.5 Å². The zero-order valence-electron chi connectivity index (χ0n) is 13.8. The third kappa shape index (κ3) is 4.42. The Morgan fingerprint density at radius 1 is 1.05 bits per heavy atom. The molecule has 0 fully saturated rings. The highest BCUT2D eigenvalue weighted by molar-refractivity contribution is 5.58. The lowest BCUT2D eigenvalue weighted by Gasteiger charge is -2.15. The first-order chi connectivity index (χ1) is 10.6. The lowest BCUT2D eigenvalue weighted by atomic mass is 10.1. The lowest BCUT2D eigenvalue weighted by Crippen LogP contribution is -2.08. The van der Waals surface area contributed by atoms with Crippen molar-refractivity contribution in [3.63, 3.8) is 0 Å². The molecule has 0 heterocycles. The van der Waals surface area contributed by atoms with Gasteiger partial charge in [-0.1, -0.05) is 38.1 Å². The number of methoxy groups -OCH3 is 1. The Bertz CT molecular complexity index is 608. The van der Waals surface area contributed by atoms with Crippen LogP contribution in [0.3, 0.4) is 0 Å². The Hall–Kier alpha value is -2.16. The van der Waals surface area contributed by atoms with Crippen LogP contribution in [0.15, 0.2) is 42.5 Å². The summed E-state index contributed by atoms with van der Waals surface area (Å²) in [7, 11) is 1.69. The summed E-state index contributed by atoms with van der Waals surface area (Å²) in [6.45, 7) is 7.81. The van der Waals surface area contributed by atoms with Gasteiger partial charge in [-0.25, -0.2) is 0 Å². The lowest BCUT2D eigenvalue weighted by molar-refractivity contribution is 0.269. The predicted octanol–water partition coefficient (Wildman–Crippen LogP) is 4.65. The number of ether oxygens (including phenoxy) is 2. The maximum atomic E-state index is 5.90. The van der Waals surface area contributed by atoms with E-state index in [-0.39, 0.29) is 0 Å². The van der Waals surface area contributed by atoms with Crippen LogP contribution in [0.1, 0.15) is 25.0 Å². The van der Waals surface area contributed by atoms with E-state index in [0.29, 0.717) is 12.5 Å². The zero-order chi connectivity index (χ0) is 15.9. The third-order valence-electron chi connectivity index (χ3n) is 3.37. The molecule has 2 aromatic rings. The molecule has 0 atom stereocenters. The number of hydrogen-bond acceptors (Lipinski definition) is 3. The van der Waals surface area contributed by atoms with Gasteiger partial charge in [0.15, 0.2) is 0 Å². The fourth-order valence-corrected chi connectivity index (χ4v) is 2.20. The summed E-state index contributed by atoms with van der Waals surface area (Å²) in [5.74, 6) is 2.30. The molecule has 2 rings (SSSR count). The molecule has 3 nitrogen and oxygen atoms in total. The van der Waals surface area contributed by atoms with Crippen LogP contribution in [-0.2, 0) is 6.54 Å². The van der Waals surface area contributed by atoms with Crippen molar-refractivity contribution >= 4 is 5.69 Å².